The summed E-state index contributed by atoms with van der Waals surface area (Å²) in [4.78, 5) is 47.3. The molecule has 4 rings (SSSR count). The number of aromatic carboxylic acids is 1. The minimum atomic E-state index is -5.08. The lowest BCUT2D eigenvalue weighted by atomic mass is 10.00. The molecule has 4 aromatic rings. The number of anilines is 1. The number of nitrogen functional groups attached to an aromatic ring is 1. The molecule has 1 atom stereocenters. The van der Waals surface area contributed by atoms with Crippen molar-refractivity contribution >= 4 is 29.4 Å². The van der Waals surface area contributed by atoms with Crippen molar-refractivity contribution in [2.24, 2.45) is 5.73 Å². The Morgan fingerprint density at radius 3 is 2.00 bits per heavy atom. The number of halogens is 7. The number of nitrogens with zero attached hydrogens (tertiary/aromatic N) is 3. The van der Waals surface area contributed by atoms with E-state index in [9.17, 15) is 41.0 Å². The van der Waals surface area contributed by atoms with Crippen LogP contribution in [-0.2, 0) is 16.0 Å². The molecule has 0 aliphatic carbocycles. The molecule has 8 N–H and O–H groups in total. The molecular formula is C33H34F7N7O8. The number of ether oxygens (including phenoxy) is 1. The third kappa shape index (κ3) is 13.2. The quantitative estimate of drug-likeness (QED) is 0.0590. The number of carboxylic acid groups (broad SMARTS) is 3. The Hall–Kier alpha value is -6.45. The van der Waals surface area contributed by atoms with Crippen molar-refractivity contribution in [1.29, 1.82) is 5.41 Å². The standard InChI is InChI=1S/C29H32FN7O4.2C2HF3O2/c1-4-17-15-21(24(30)23(16-17)41-14-13-36(2)3)25(33-19-11-9-18(10-12-19)26(31)32)27-34-29(40)37(35-27)22-8-6-5-7-20(22)28(38)39;2*3-2(4,5)1(6)7/h5-12,15-16,25,33H,4,13-14H2,1-3H3,(H3,31,32)(H,38,39)(H,34,35,40);2*(H,6,7). The first-order valence-electron chi connectivity index (χ1n) is 15.4. The molecule has 0 aliphatic rings. The Bertz CT molecular complexity index is 2010. The molecule has 0 amide bonds. The Kier molecular flexibility index (Phi) is 15.5. The maximum atomic E-state index is 16.1. The molecule has 0 spiro atoms. The normalized spacial score (nSPS) is 11.7. The van der Waals surface area contributed by atoms with Crippen LogP contribution in [0.1, 0.15) is 45.8 Å². The number of benzene rings is 3. The fourth-order valence-corrected chi connectivity index (χ4v) is 4.22. The number of rotatable bonds is 12. The number of alkyl halides is 6. The van der Waals surface area contributed by atoms with Crippen LogP contribution >= 0.6 is 0 Å². The van der Waals surface area contributed by atoms with Gasteiger partial charge in [-0.3, -0.25) is 10.4 Å². The average Bonchev–Trinajstić information content (AvgIpc) is 3.48. The van der Waals surface area contributed by atoms with Gasteiger partial charge in [0, 0.05) is 23.4 Å². The summed E-state index contributed by atoms with van der Waals surface area (Å²) >= 11 is 0. The van der Waals surface area contributed by atoms with Gasteiger partial charge in [-0.05, 0) is 68.5 Å². The van der Waals surface area contributed by atoms with Crippen LogP contribution in [0, 0.1) is 11.2 Å². The highest BCUT2D eigenvalue weighted by atomic mass is 19.4. The summed E-state index contributed by atoms with van der Waals surface area (Å²) in [6.45, 7) is 2.78. The van der Waals surface area contributed by atoms with Crippen LogP contribution in [0.2, 0.25) is 0 Å². The Balaban J connectivity index is 0.000000633. The van der Waals surface area contributed by atoms with E-state index in [4.69, 9.17) is 35.7 Å². The van der Waals surface area contributed by atoms with Crippen LogP contribution < -0.4 is 21.5 Å². The van der Waals surface area contributed by atoms with Gasteiger partial charge in [-0.2, -0.15) is 31.0 Å². The number of para-hydroxylation sites is 1. The topological polar surface area (TPSA) is 237 Å². The molecule has 1 aromatic heterocycles. The smallest absolute Gasteiger partial charge is 0.489 e. The number of hydrogen-bond acceptors (Lipinski definition) is 9. The van der Waals surface area contributed by atoms with E-state index in [1.165, 1.54) is 12.1 Å². The summed E-state index contributed by atoms with van der Waals surface area (Å²) in [5.74, 6) is -7.34. The predicted octanol–water partition coefficient (Wildman–Crippen LogP) is 4.65. The molecule has 0 saturated carbocycles. The predicted molar refractivity (Wildman–Crippen MR) is 181 cm³/mol. The number of nitrogens with one attached hydrogen (secondary N) is 3. The molecule has 0 saturated heterocycles. The van der Waals surface area contributed by atoms with E-state index >= 15 is 4.39 Å². The molecule has 0 aliphatic heterocycles. The number of amidine groups is 1. The molecule has 55 heavy (non-hydrogen) atoms. The minimum absolute atomic E-state index is 0.0530. The highest BCUT2D eigenvalue weighted by molar-refractivity contribution is 5.95. The summed E-state index contributed by atoms with van der Waals surface area (Å²) in [6.07, 6.45) is -9.58. The molecule has 3 aromatic carbocycles. The largest absolute Gasteiger partial charge is 0.490 e. The van der Waals surface area contributed by atoms with Gasteiger partial charge in [0.2, 0.25) is 0 Å². The molecule has 298 valence electrons. The van der Waals surface area contributed by atoms with Gasteiger partial charge in [0.15, 0.2) is 17.4 Å². The van der Waals surface area contributed by atoms with E-state index in [-0.39, 0.29) is 40.8 Å². The highest BCUT2D eigenvalue weighted by Crippen LogP contribution is 2.33. The fourth-order valence-electron chi connectivity index (χ4n) is 4.22. The number of aliphatic carboxylic acids is 2. The number of nitrogens with two attached hydrogens (primary N) is 1. The first-order chi connectivity index (χ1) is 25.5. The van der Waals surface area contributed by atoms with E-state index in [1.807, 2.05) is 25.9 Å². The highest BCUT2D eigenvalue weighted by Gasteiger charge is 2.39. The van der Waals surface area contributed by atoms with Gasteiger partial charge in [0.1, 0.15) is 18.5 Å². The van der Waals surface area contributed by atoms with E-state index < -0.39 is 47.8 Å². The number of H-pyrrole nitrogens is 1. The van der Waals surface area contributed by atoms with Crippen molar-refractivity contribution < 1.29 is 65.2 Å². The molecule has 15 nitrogen and oxygen atoms in total. The number of carboxylic acids is 3. The molecule has 0 bridgehead atoms. The molecule has 0 radical (unpaired) electrons. The molecule has 1 unspecified atom stereocenters. The van der Waals surface area contributed by atoms with Crippen LogP contribution in [-0.4, -0.2) is 98.3 Å². The fraction of sp³-hybridized carbons (Fsp3) is 0.273. The lowest BCUT2D eigenvalue weighted by Gasteiger charge is -2.21. The first-order valence-corrected chi connectivity index (χ1v) is 15.4. The van der Waals surface area contributed by atoms with Crippen LogP contribution in [0.15, 0.2) is 65.5 Å². The van der Waals surface area contributed by atoms with Gasteiger partial charge < -0.3 is 36.0 Å². The zero-order valence-corrected chi connectivity index (χ0v) is 28.9. The molecule has 1 heterocycles. The summed E-state index contributed by atoms with van der Waals surface area (Å²) in [6, 6.07) is 14.9. The van der Waals surface area contributed by atoms with Gasteiger partial charge in [0.25, 0.3) is 0 Å². The third-order valence-electron chi connectivity index (χ3n) is 6.91. The second-order valence-corrected chi connectivity index (χ2v) is 11.2. The van der Waals surface area contributed by atoms with Crippen molar-refractivity contribution in [3.63, 3.8) is 0 Å². The number of hydrogen-bond donors (Lipinski definition) is 7. The van der Waals surface area contributed by atoms with E-state index in [1.54, 1.807) is 48.5 Å². The third-order valence-corrected chi connectivity index (χ3v) is 6.91. The number of carbonyl (C=O) groups is 3. The van der Waals surface area contributed by atoms with Crippen LogP contribution in [0.3, 0.4) is 0 Å². The molecule has 22 heteroatoms. The lowest BCUT2D eigenvalue weighted by Crippen LogP contribution is -2.21. The zero-order chi connectivity index (χ0) is 41.8. The molecular weight excluding hydrogens is 755 g/mol. The van der Waals surface area contributed by atoms with E-state index in [0.717, 1.165) is 10.2 Å². The van der Waals surface area contributed by atoms with Gasteiger partial charge in [-0.15, -0.1) is 5.10 Å². The van der Waals surface area contributed by atoms with Gasteiger partial charge >= 0.3 is 36.0 Å². The van der Waals surface area contributed by atoms with Gasteiger partial charge in [-0.25, -0.2) is 23.6 Å². The van der Waals surface area contributed by atoms with Crippen molar-refractivity contribution in [3.8, 4) is 11.4 Å². The van der Waals surface area contributed by atoms with Gasteiger partial charge in [-0.1, -0.05) is 25.1 Å². The van der Waals surface area contributed by atoms with E-state index in [2.05, 4.69) is 15.4 Å². The Morgan fingerprint density at radius 1 is 0.982 bits per heavy atom. The minimum Gasteiger partial charge on any atom is -0.489 e. The number of likely N-dealkylation sites (N-methyl/N-ethyl adjacent to an activating group) is 1. The monoisotopic (exact) mass is 789 g/mol. The maximum absolute atomic E-state index is 16.1. The molecule has 0 fully saturated rings. The van der Waals surface area contributed by atoms with Crippen LogP contribution in [0.5, 0.6) is 5.75 Å². The number of aryl methyl sites for hydroxylation is 1. The SMILES string of the molecule is CCc1cc(OCCN(C)C)c(F)c(C(Nc2ccc(C(=N)N)cc2)c2nn(-c3ccccc3C(=O)O)c(=O)[nH]2)c1.O=C(O)C(F)(F)F.O=C(O)C(F)(F)F. The zero-order valence-electron chi connectivity index (χ0n) is 28.9. The Labute approximate surface area is 306 Å². The summed E-state index contributed by atoms with van der Waals surface area (Å²) < 4.78 is 86.3. The second-order valence-electron chi connectivity index (χ2n) is 11.2. The summed E-state index contributed by atoms with van der Waals surface area (Å²) in [7, 11) is 3.78. The van der Waals surface area contributed by atoms with Crippen molar-refractivity contribution in [1.82, 2.24) is 19.7 Å². The van der Waals surface area contributed by atoms with Gasteiger partial charge in [0.05, 0.1) is 11.3 Å². The summed E-state index contributed by atoms with van der Waals surface area (Å²) in [5, 5.41) is 39.2. The van der Waals surface area contributed by atoms with Crippen molar-refractivity contribution in [2.45, 2.75) is 31.7 Å². The van der Waals surface area contributed by atoms with E-state index in [0.29, 0.717) is 24.2 Å². The second kappa shape index (κ2) is 19.0. The van der Waals surface area contributed by atoms with Crippen LogP contribution in [0.25, 0.3) is 5.69 Å². The van der Waals surface area contributed by atoms with Crippen molar-refractivity contribution in [2.75, 3.05) is 32.6 Å². The maximum Gasteiger partial charge on any atom is 0.490 e. The lowest BCUT2D eigenvalue weighted by molar-refractivity contribution is -0.193. The van der Waals surface area contributed by atoms with Crippen molar-refractivity contribution in [3.05, 3.63) is 105 Å². The first kappa shape index (κ1) is 44.7. The average molecular weight is 790 g/mol. The number of aromatic amines is 1. The Morgan fingerprint density at radius 2 is 1.53 bits per heavy atom. The summed E-state index contributed by atoms with van der Waals surface area (Å²) in [5.41, 5.74) is 6.86. The number of aromatic nitrogens is 3. The van der Waals surface area contributed by atoms with Crippen LogP contribution in [0.4, 0.5) is 36.4 Å².